The first-order chi connectivity index (χ1) is 6.49. The van der Waals surface area contributed by atoms with Crippen molar-refractivity contribution in [3.63, 3.8) is 0 Å². The molecule has 0 aliphatic rings. The van der Waals surface area contributed by atoms with Crippen molar-refractivity contribution >= 4 is 50.7 Å². The molecule has 0 aromatic heterocycles. The van der Waals surface area contributed by atoms with Crippen molar-refractivity contribution in [3.05, 3.63) is 31.7 Å². The Labute approximate surface area is 108 Å². The smallest absolute Gasteiger partial charge is 0.0641 e. The summed E-state index contributed by atoms with van der Waals surface area (Å²) in [7, 11) is 0. The maximum Gasteiger partial charge on any atom is 0.0641 e. The Morgan fingerprint density at radius 3 is 2.29 bits per heavy atom. The van der Waals surface area contributed by atoms with Crippen molar-refractivity contribution in [2.24, 2.45) is 0 Å². The second-order valence-electron chi connectivity index (χ2n) is 3.35. The molecule has 0 aliphatic carbocycles. The summed E-state index contributed by atoms with van der Waals surface area (Å²) in [5.74, 6) is 0.703. The summed E-state index contributed by atoms with van der Waals surface area (Å²) in [6.45, 7) is 4.14. The SMILES string of the molecule is CC(C)c1c(Br)cc(CCl)c(Cl)c1Cl. The molecule has 0 fully saturated rings. The number of hydrogen-bond acceptors (Lipinski definition) is 0. The van der Waals surface area contributed by atoms with Gasteiger partial charge in [-0.1, -0.05) is 53.0 Å². The van der Waals surface area contributed by atoms with E-state index in [0.29, 0.717) is 21.8 Å². The molecule has 0 amide bonds. The third-order valence-corrected chi connectivity index (χ3v) is 3.86. The molecule has 0 N–H and O–H groups in total. The van der Waals surface area contributed by atoms with E-state index in [1.54, 1.807) is 0 Å². The first-order valence-electron chi connectivity index (χ1n) is 4.21. The highest BCUT2D eigenvalue weighted by Gasteiger charge is 2.15. The molecule has 1 aromatic rings. The van der Waals surface area contributed by atoms with E-state index in [-0.39, 0.29) is 0 Å². The van der Waals surface area contributed by atoms with Gasteiger partial charge in [0.05, 0.1) is 10.0 Å². The zero-order chi connectivity index (χ0) is 10.9. The van der Waals surface area contributed by atoms with Crippen LogP contribution in [0.4, 0.5) is 0 Å². The van der Waals surface area contributed by atoms with E-state index in [1.165, 1.54) is 0 Å². The normalized spacial score (nSPS) is 11.1. The predicted octanol–water partition coefficient (Wildman–Crippen LogP) is 5.62. The Hall–Kier alpha value is 0.570. The molecule has 0 saturated heterocycles. The molecule has 0 bridgehead atoms. The maximum atomic E-state index is 6.16. The quantitative estimate of drug-likeness (QED) is 0.491. The number of rotatable bonds is 2. The van der Waals surface area contributed by atoms with Crippen LogP contribution >= 0.6 is 50.7 Å². The van der Waals surface area contributed by atoms with Gasteiger partial charge >= 0.3 is 0 Å². The topological polar surface area (TPSA) is 0 Å². The molecular weight excluding hydrogens is 306 g/mol. The molecule has 0 aliphatic heterocycles. The van der Waals surface area contributed by atoms with Gasteiger partial charge in [-0.3, -0.25) is 0 Å². The van der Waals surface area contributed by atoms with E-state index < -0.39 is 0 Å². The molecule has 0 heterocycles. The van der Waals surface area contributed by atoms with Gasteiger partial charge in [-0.2, -0.15) is 0 Å². The van der Waals surface area contributed by atoms with Gasteiger partial charge in [-0.25, -0.2) is 0 Å². The average molecular weight is 316 g/mol. The summed E-state index contributed by atoms with van der Waals surface area (Å²) in [4.78, 5) is 0. The standard InChI is InChI=1S/C10H10BrCl3/c1-5(2)8-7(11)3-6(4-12)9(13)10(8)14/h3,5H,4H2,1-2H3. The maximum absolute atomic E-state index is 6.16. The van der Waals surface area contributed by atoms with Crippen LogP contribution in [-0.4, -0.2) is 0 Å². The molecule has 1 aromatic carbocycles. The summed E-state index contributed by atoms with van der Waals surface area (Å²) in [5, 5.41) is 1.17. The van der Waals surface area contributed by atoms with Crippen LogP contribution in [0.1, 0.15) is 30.9 Å². The molecule has 0 radical (unpaired) electrons. The second-order valence-corrected chi connectivity index (χ2v) is 5.23. The Morgan fingerprint density at radius 2 is 1.86 bits per heavy atom. The Morgan fingerprint density at radius 1 is 1.29 bits per heavy atom. The summed E-state index contributed by atoms with van der Waals surface area (Å²) >= 11 is 21.5. The molecule has 0 nitrogen and oxygen atoms in total. The van der Waals surface area contributed by atoms with Crippen LogP contribution in [0.5, 0.6) is 0 Å². The molecular formula is C10H10BrCl3. The lowest BCUT2D eigenvalue weighted by Gasteiger charge is -2.14. The van der Waals surface area contributed by atoms with E-state index in [0.717, 1.165) is 15.6 Å². The van der Waals surface area contributed by atoms with Crippen molar-refractivity contribution < 1.29 is 0 Å². The Balaban J connectivity index is 3.41. The van der Waals surface area contributed by atoms with E-state index in [4.69, 9.17) is 34.8 Å². The fourth-order valence-electron chi connectivity index (χ4n) is 1.28. The molecule has 4 heteroatoms. The van der Waals surface area contributed by atoms with Gasteiger partial charge in [0.15, 0.2) is 0 Å². The number of alkyl halides is 1. The Bertz CT molecular complexity index is 348. The molecule has 1 rings (SSSR count). The summed E-state index contributed by atoms with van der Waals surface area (Å²) in [6, 6.07) is 1.93. The van der Waals surface area contributed by atoms with Crippen LogP contribution in [-0.2, 0) is 5.88 Å². The van der Waals surface area contributed by atoms with Gasteiger partial charge in [0.1, 0.15) is 0 Å². The molecule has 0 saturated carbocycles. The highest BCUT2D eigenvalue weighted by molar-refractivity contribution is 9.10. The van der Waals surface area contributed by atoms with Crippen LogP contribution in [0, 0.1) is 0 Å². The van der Waals surface area contributed by atoms with Crippen molar-refractivity contribution in [2.75, 3.05) is 0 Å². The number of benzene rings is 1. The molecule has 14 heavy (non-hydrogen) atoms. The highest BCUT2D eigenvalue weighted by atomic mass is 79.9. The number of hydrogen-bond donors (Lipinski definition) is 0. The van der Waals surface area contributed by atoms with Crippen molar-refractivity contribution in [1.29, 1.82) is 0 Å². The van der Waals surface area contributed by atoms with Crippen LogP contribution in [0.2, 0.25) is 10.0 Å². The van der Waals surface area contributed by atoms with Gasteiger partial charge in [0.2, 0.25) is 0 Å². The lowest BCUT2D eigenvalue weighted by atomic mass is 10.0. The third-order valence-electron chi connectivity index (χ3n) is 1.99. The first kappa shape index (κ1) is 12.6. The molecule has 0 atom stereocenters. The van der Waals surface area contributed by atoms with Gasteiger partial charge in [0.25, 0.3) is 0 Å². The summed E-state index contributed by atoms with van der Waals surface area (Å²) in [6.07, 6.45) is 0. The fraction of sp³-hybridized carbons (Fsp3) is 0.400. The minimum absolute atomic E-state index is 0.332. The van der Waals surface area contributed by atoms with Crippen molar-refractivity contribution in [1.82, 2.24) is 0 Å². The minimum atomic E-state index is 0.332. The van der Waals surface area contributed by atoms with Crippen LogP contribution in [0.25, 0.3) is 0 Å². The van der Waals surface area contributed by atoms with Gasteiger partial charge < -0.3 is 0 Å². The van der Waals surface area contributed by atoms with E-state index in [9.17, 15) is 0 Å². The van der Waals surface area contributed by atoms with Gasteiger partial charge in [-0.15, -0.1) is 11.6 Å². The zero-order valence-corrected chi connectivity index (χ0v) is 11.7. The zero-order valence-electron chi connectivity index (χ0n) is 7.87. The minimum Gasteiger partial charge on any atom is -0.121 e. The Kier molecular flexibility index (Phi) is 4.57. The van der Waals surface area contributed by atoms with E-state index in [2.05, 4.69) is 29.8 Å². The van der Waals surface area contributed by atoms with Crippen LogP contribution in [0.15, 0.2) is 10.5 Å². The predicted molar refractivity (Wildman–Crippen MR) is 67.8 cm³/mol. The van der Waals surface area contributed by atoms with Gasteiger partial charge in [0, 0.05) is 10.4 Å². The second kappa shape index (κ2) is 5.07. The molecule has 0 unspecified atom stereocenters. The molecule has 0 spiro atoms. The van der Waals surface area contributed by atoms with Crippen molar-refractivity contribution in [2.45, 2.75) is 25.6 Å². The van der Waals surface area contributed by atoms with E-state index >= 15 is 0 Å². The number of halogens is 4. The lowest BCUT2D eigenvalue weighted by Crippen LogP contribution is -1.94. The summed E-state index contributed by atoms with van der Waals surface area (Å²) in [5.41, 5.74) is 1.89. The highest BCUT2D eigenvalue weighted by Crippen LogP contribution is 2.39. The van der Waals surface area contributed by atoms with Crippen LogP contribution < -0.4 is 0 Å². The first-order valence-corrected chi connectivity index (χ1v) is 6.29. The summed E-state index contributed by atoms with van der Waals surface area (Å²) < 4.78 is 0.970. The lowest BCUT2D eigenvalue weighted by molar-refractivity contribution is 0.860. The molecule has 78 valence electrons. The third kappa shape index (κ3) is 2.38. The average Bonchev–Trinajstić information content (AvgIpc) is 2.10. The van der Waals surface area contributed by atoms with E-state index in [1.807, 2.05) is 6.07 Å². The van der Waals surface area contributed by atoms with Crippen LogP contribution in [0.3, 0.4) is 0 Å². The van der Waals surface area contributed by atoms with Gasteiger partial charge in [-0.05, 0) is 23.1 Å². The largest absolute Gasteiger partial charge is 0.121 e. The van der Waals surface area contributed by atoms with Crippen molar-refractivity contribution in [3.8, 4) is 0 Å². The fourth-order valence-corrected chi connectivity index (χ4v) is 3.27. The monoisotopic (exact) mass is 314 g/mol.